The summed E-state index contributed by atoms with van der Waals surface area (Å²) in [7, 11) is -2.86. The number of anilines is 7. The smallest absolute Gasteiger partial charge is 0.335 e. The molecule has 0 bridgehead atoms. The van der Waals surface area contributed by atoms with Crippen molar-refractivity contribution in [2.24, 2.45) is 0 Å². The number of nitrogens with two attached hydrogens (primary N) is 4. The highest BCUT2D eigenvalue weighted by molar-refractivity contribution is 7.86. The highest BCUT2D eigenvalue weighted by atomic mass is 32.2. The van der Waals surface area contributed by atoms with Crippen LogP contribution in [-0.4, -0.2) is 57.5 Å². The van der Waals surface area contributed by atoms with Crippen LogP contribution in [0.4, 0.5) is 40.1 Å². The summed E-state index contributed by atoms with van der Waals surface area (Å²) in [5, 5.41) is 22.8. The van der Waals surface area contributed by atoms with Crippen molar-refractivity contribution in [3.63, 3.8) is 0 Å². The maximum Gasteiger partial charge on any atom is 0.335 e. The molecule has 0 aliphatic heterocycles. The first-order valence-electron chi connectivity index (χ1n) is 15.3. The minimum absolute atomic E-state index is 0.150. The molecule has 0 aliphatic carbocycles. The van der Waals surface area contributed by atoms with Gasteiger partial charge in [-0.2, -0.15) is 8.42 Å². The average molecular weight is 777 g/mol. The summed E-state index contributed by atoms with van der Waals surface area (Å²) in [6.45, 7) is 0. The summed E-state index contributed by atoms with van der Waals surface area (Å²) >= 11 is 0. The van der Waals surface area contributed by atoms with E-state index in [9.17, 15) is 27.1 Å². The van der Waals surface area contributed by atoms with E-state index in [1.54, 1.807) is 85.2 Å². The van der Waals surface area contributed by atoms with Crippen LogP contribution in [0.15, 0.2) is 113 Å². The van der Waals surface area contributed by atoms with Gasteiger partial charge in [-0.3, -0.25) is 9.27 Å². The van der Waals surface area contributed by atoms with E-state index in [2.05, 4.69) is 20.0 Å². The normalized spacial score (nSPS) is 11.2. The maximum atomic E-state index is 11.8. The second kappa shape index (κ2) is 17.6. The molecule has 0 aliphatic rings. The van der Waals surface area contributed by atoms with Crippen molar-refractivity contribution in [1.82, 2.24) is 9.97 Å². The van der Waals surface area contributed by atoms with Crippen LogP contribution >= 0.6 is 0 Å². The van der Waals surface area contributed by atoms with Crippen LogP contribution in [0.1, 0.15) is 10.4 Å². The molecule has 1 atom stereocenters. The number of carboxylic acid groups (broad SMARTS) is 1. The Morgan fingerprint density at radius 2 is 1.35 bits per heavy atom. The zero-order chi connectivity index (χ0) is 39.6. The number of aromatic nitrogens is 2. The van der Waals surface area contributed by atoms with E-state index in [1.807, 2.05) is 0 Å². The van der Waals surface area contributed by atoms with Gasteiger partial charge in [0, 0.05) is 47.0 Å². The Morgan fingerprint density at radius 3 is 1.87 bits per heavy atom. The summed E-state index contributed by atoms with van der Waals surface area (Å²) in [6, 6.07) is 23.7. The van der Waals surface area contributed by atoms with Gasteiger partial charge >= 0.3 is 5.97 Å². The van der Waals surface area contributed by atoms with Gasteiger partial charge in [-0.15, -0.1) is 0 Å². The quantitative estimate of drug-likeness (QED) is 0.0537. The Morgan fingerprint density at radius 1 is 0.796 bits per heavy atom. The number of aromatic carboxylic acids is 1. The number of nitrogens with one attached hydrogen (secondary N) is 2. The fraction of sp³-hybridized carbons (Fsp3) is 0.0571. The molecule has 0 fully saturated rings. The van der Waals surface area contributed by atoms with Gasteiger partial charge in [-0.05, 0) is 78.2 Å². The molecule has 5 aromatic carbocycles. The van der Waals surface area contributed by atoms with Crippen LogP contribution in [0.25, 0.3) is 10.8 Å². The van der Waals surface area contributed by atoms with E-state index >= 15 is 0 Å². The predicted octanol–water partition coefficient (Wildman–Crippen LogP) is 4.88. The lowest BCUT2D eigenvalue weighted by Gasteiger charge is -2.12. The van der Waals surface area contributed by atoms with Gasteiger partial charge in [0.1, 0.15) is 22.1 Å². The van der Waals surface area contributed by atoms with E-state index < -0.39 is 43.4 Å². The fourth-order valence-corrected chi connectivity index (χ4v) is 5.97. The molecule has 19 heteroatoms. The Balaban J connectivity index is 0.000000198. The molecule has 0 saturated heterocycles. The van der Waals surface area contributed by atoms with Gasteiger partial charge in [0.2, 0.25) is 5.95 Å². The first-order chi connectivity index (χ1) is 25.6. The highest BCUT2D eigenvalue weighted by Crippen LogP contribution is 2.38. The molecule has 0 saturated carbocycles. The first kappa shape index (κ1) is 39.9. The minimum Gasteiger partial charge on any atom is -0.505 e. The van der Waals surface area contributed by atoms with Crippen LogP contribution in [0, 0.1) is 0 Å². The summed E-state index contributed by atoms with van der Waals surface area (Å²) in [6.07, 6.45) is 3.16. The van der Waals surface area contributed by atoms with Gasteiger partial charge < -0.3 is 47.9 Å². The molecular weight excluding hydrogens is 741 g/mol. The summed E-state index contributed by atoms with van der Waals surface area (Å²) < 4.78 is 56.3. The molecule has 17 nitrogen and oxygen atoms in total. The molecule has 1 aromatic heterocycles. The third-order valence-electron chi connectivity index (χ3n) is 7.24. The van der Waals surface area contributed by atoms with Crippen molar-refractivity contribution in [3.05, 3.63) is 109 Å². The van der Waals surface area contributed by atoms with Crippen molar-refractivity contribution in [2.75, 3.05) is 47.2 Å². The number of hydrogen-bond acceptors (Lipinski definition) is 14. The number of phenolic OH excluding ortho intramolecular Hbond substituents is 1. The maximum absolute atomic E-state index is 11.8. The number of methoxy groups -OCH3 is 2. The van der Waals surface area contributed by atoms with E-state index in [4.69, 9.17) is 37.5 Å². The van der Waals surface area contributed by atoms with Crippen LogP contribution in [0.2, 0.25) is 0 Å². The molecule has 0 amide bonds. The van der Waals surface area contributed by atoms with Gasteiger partial charge in [0.25, 0.3) is 10.1 Å². The topological polar surface area (TPSA) is 301 Å². The van der Waals surface area contributed by atoms with Crippen molar-refractivity contribution in [3.8, 4) is 17.2 Å². The number of ether oxygens (including phenoxy) is 2. The standard InChI is InChI=1S/C17H14N2O6S.C10H10N4OS.C8H12N2O2/c18-15-14(26(23,24)25)7-10-3-6-12(8-13(10)16(15)20)19-11-4-1-9(2-5-11)17(21)22;11-8-2-4-9(5-3-8)16(15)14-10-12-6-1-7-13-10;1-11-7-3-6(10)8(12-2)4-5(7)9/h1-8,19-20H,18H2,(H,21,22)(H,23,24,25);1-7H,11H2,(H,12,13,14);3-4H,9-10H2,1-2H3. The largest absolute Gasteiger partial charge is 0.505 e. The van der Waals surface area contributed by atoms with E-state index in [-0.39, 0.29) is 5.56 Å². The number of fused-ring (bicyclic) bond motifs is 1. The summed E-state index contributed by atoms with van der Waals surface area (Å²) in [5.74, 6) is -0.0310. The molecule has 282 valence electrons. The van der Waals surface area contributed by atoms with E-state index in [0.717, 1.165) is 0 Å². The van der Waals surface area contributed by atoms with Crippen LogP contribution < -0.4 is 42.4 Å². The number of carboxylic acids is 1. The van der Waals surface area contributed by atoms with E-state index in [0.29, 0.717) is 61.6 Å². The first-order valence-corrected chi connectivity index (χ1v) is 17.9. The zero-order valence-corrected chi connectivity index (χ0v) is 30.3. The van der Waals surface area contributed by atoms with Crippen molar-refractivity contribution in [1.29, 1.82) is 0 Å². The summed E-state index contributed by atoms with van der Waals surface area (Å²) in [4.78, 5) is 18.8. The van der Waals surface area contributed by atoms with Crippen LogP contribution in [-0.2, 0) is 21.1 Å². The number of nitrogen functional groups attached to an aromatic ring is 4. The molecule has 1 unspecified atom stereocenters. The van der Waals surface area contributed by atoms with Crippen molar-refractivity contribution in [2.45, 2.75) is 9.79 Å². The van der Waals surface area contributed by atoms with Crippen molar-refractivity contribution >= 4 is 77.9 Å². The summed E-state index contributed by atoms with van der Waals surface area (Å²) in [5.41, 5.74) is 24.9. The lowest BCUT2D eigenvalue weighted by atomic mass is 10.1. The molecule has 6 aromatic rings. The van der Waals surface area contributed by atoms with Gasteiger partial charge in [-0.25, -0.2) is 19.0 Å². The Kier molecular flexibility index (Phi) is 13.0. The fourth-order valence-electron chi connectivity index (χ4n) is 4.55. The third-order valence-corrected chi connectivity index (χ3v) is 9.20. The molecule has 0 spiro atoms. The number of phenols is 1. The Labute approximate surface area is 311 Å². The predicted molar refractivity (Wildman–Crippen MR) is 208 cm³/mol. The lowest BCUT2D eigenvalue weighted by Crippen LogP contribution is -2.07. The van der Waals surface area contributed by atoms with Crippen LogP contribution in [0.3, 0.4) is 0 Å². The minimum atomic E-state index is -4.57. The number of aromatic hydroxyl groups is 1. The number of benzene rings is 5. The molecule has 0 radical (unpaired) electrons. The molecule has 13 N–H and O–H groups in total. The Bertz CT molecular complexity index is 2350. The number of rotatable bonds is 9. The monoisotopic (exact) mass is 776 g/mol. The second-order valence-electron chi connectivity index (χ2n) is 10.9. The number of carbonyl (C=O) groups is 1. The molecule has 6 rings (SSSR count). The number of nitrogens with zero attached hydrogens (tertiary/aromatic N) is 2. The van der Waals surface area contributed by atoms with Gasteiger partial charge in [0.15, 0.2) is 11.0 Å². The molecule has 54 heavy (non-hydrogen) atoms. The Hall–Kier alpha value is -6.83. The highest BCUT2D eigenvalue weighted by Gasteiger charge is 2.19. The van der Waals surface area contributed by atoms with Gasteiger partial charge in [0.05, 0.1) is 41.7 Å². The SMILES string of the molecule is COc1cc(N)c(OC)cc1N.Nc1c(S(=O)(=O)O)cc2ccc(Nc3ccc(C(=O)O)cc3)cc2c1O.Nc1ccc(S(=O)Nc2ncccn2)cc1. The zero-order valence-electron chi connectivity index (χ0n) is 28.6. The number of hydrogen-bond donors (Lipinski definition) is 9. The van der Waals surface area contributed by atoms with Crippen molar-refractivity contribution < 1.29 is 41.7 Å². The second-order valence-corrected chi connectivity index (χ2v) is 13.5. The molecular formula is C35H36N8O9S2. The third kappa shape index (κ3) is 10.4. The average Bonchev–Trinajstić information content (AvgIpc) is 3.15. The van der Waals surface area contributed by atoms with Crippen LogP contribution in [0.5, 0.6) is 17.2 Å². The molecule has 1 heterocycles. The lowest BCUT2D eigenvalue weighted by molar-refractivity contribution is 0.0697. The van der Waals surface area contributed by atoms with Gasteiger partial charge in [-0.1, -0.05) is 6.07 Å². The van der Waals surface area contributed by atoms with E-state index in [1.165, 1.54) is 32.4 Å².